The second kappa shape index (κ2) is 9.29. The highest BCUT2D eigenvalue weighted by molar-refractivity contribution is 7.98. The first-order valence-corrected chi connectivity index (χ1v) is 11.3. The molecule has 2 heterocycles. The Morgan fingerprint density at radius 1 is 1.21 bits per heavy atom. The summed E-state index contributed by atoms with van der Waals surface area (Å²) in [5, 5.41) is 18.8. The molecule has 9 heteroatoms. The topological polar surface area (TPSA) is 85.6 Å². The monoisotopic (exact) mass is 414 g/mol. The van der Waals surface area contributed by atoms with Gasteiger partial charge in [-0.2, -0.15) is 0 Å². The molecule has 1 fully saturated rings. The number of carbonyl (C=O) groups is 1. The molecule has 1 aliphatic rings. The van der Waals surface area contributed by atoms with Gasteiger partial charge < -0.3 is 5.32 Å². The van der Waals surface area contributed by atoms with Crippen LogP contribution in [0.25, 0.3) is 0 Å². The quantitative estimate of drug-likeness (QED) is 0.586. The number of carbonyl (C=O) groups excluding carboxylic acids is 1. The summed E-state index contributed by atoms with van der Waals surface area (Å²) in [7, 11) is 0. The molecule has 1 saturated carbocycles. The normalized spacial score (nSPS) is 14.9. The summed E-state index contributed by atoms with van der Waals surface area (Å²) in [6.45, 7) is 0. The molecule has 0 unspecified atom stereocenters. The Morgan fingerprint density at radius 2 is 2.04 bits per heavy atom. The zero-order chi connectivity index (χ0) is 19.2. The van der Waals surface area contributed by atoms with Crippen LogP contribution in [-0.2, 0) is 17.0 Å². The van der Waals surface area contributed by atoms with Gasteiger partial charge in [-0.1, -0.05) is 49.2 Å². The molecule has 0 atom stereocenters. The number of anilines is 1. The average molecular weight is 415 g/mol. The van der Waals surface area contributed by atoms with Crippen LogP contribution < -0.4 is 5.32 Å². The molecule has 1 amide bonds. The van der Waals surface area contributed by atoms with E-state index in [1.54, 1.807) is 11.8 Å². The third-order valence-electron chi connectivity index (χ3n) is 4.70. The molecule has 0 spiro atoms. The molecule has 28 heavy (non-hydrogen) atoms. The minimum Gasteiger partial charge on any atom is -0.326 e. The lowest BCUT2D eigenvalue weighted by molar-refractivity contribution is -0.115. The zero-order valence-electron chi connectivity index (χ0n) is 15.5. The van der Waals surface area contributed by atoms with Crippen LogP contribution in [0, 0.1) is 0 Å². The molecular weight excluding hydrogens is 392 g/mol. The fourth-order valence-electron chi connectivity index (χ4n) is 3.33. The van der Waals surface area contributed by atoms with Crippen LogP contribution in [0.2, 0.25) is 0 Å². The van der Waals surface area contributed by atoms with Crippen molar-refractivity contribution in [3.05, 3.63) is 46.4 Å². The van der Waals surface area contributed by atoms with E-state index in [1.807, 2.05) is 40.4 Å². The van der Waals surface area contributed by atoms with Crippen molar-refractivity contribution < 1.29 is 4.79 Å². The Balaban J connectivity index is 1.31. The van der Waals surface area contributed by atoms with Crippen molar-refractivity contribution in [2.45, 2.75) is 55.5 Å². The fraction of sp³-hybridized carbons (Fsp3) is 0.421. The molecule has 0 saturated heterocycles. The molecule has 1 aliphatic carbocycles. The Kier molecular flexibility index (Phi) is 6.33. The third kappa shape index (κ3) is 4.96. The number of hydrogen-bond acceptors (Lipinski definition) is 7. The lowest BCUT2D eigenvalue weighted by atomic mass is 9.96. The van der Waals surface area contributed by atoms with Crippen LogP contribution in [0.1, 0.15) is 48.8 Å². The summed E-state index contributed by atoms with van der Waals surface area (Å²) < 4.78 is 1.98. The van der Waals surface area contributed by atoms with Crippen molar-refractivity contribution in [2.24, 2.45) is 0 Å². The maximum atomic E-state index is 12.2. The van der Waals surface area contributed by atoms with E-state index in [9.17, 15) is 4.79 Å². The molecular formula is C19H22N6OS2. The average Bonchev–Trinajstić information content (AvgIpc) is 3.37. The third-order valence-corrected chi connectivity index (χ3v) is 6.57. The first-order chi connectivity index (χ1) is 13.8. The lowest BCUT2D eigenvalue weighted by Gasteiger charge is -2.21. The number of para-hydroxylation sites is 1. The number of thioether (sulfide) groups is 1. The van der Waals surface area contributed by atoms with Crippen molar-refractivity contribution in [3.8, 4) is 0 Å². The fourth-order valence-corrected chi connectivity index (χ4v) is 5.07. The van der Waals surface area contributed by atoms with E-state index in [1.165, 1.54) is 30.6 Å². The predicted molar refractivity (Wildman–Crippen MR) is 110 cm³/mol. The van der Waals surface area contributed by atoms with Crippen molar-refractivity contribution in [1.82, 2.24) is 25.2 Å². The molecule has 0 radical (unpaired) electrons. The number of tetrazole rings is 1. The van der Waals surface area contributed by atoms with Crippen molar-refractivity contribution in [3.63, 3.8) is 0 Å². The van der Waals surface area contributed by atoms with Gasteiger partial charge in [0.25, 0.3) is 0 Å². The molecule has 3 aromatic rings. The van der Waals surface area contributed by atoms with E-state index in [-0.39, 0.29) is 12.3 Å². The molecule has 1 aromatic carbocycles. The van der Waals surface area contributed by atoms with Crippen molar-refractivity contribution in [2.75, 3.05) is 5.32 Å². The van der Waals surface area contributed by atoms with Gasteiger partial charge >= 0.3 is 0 Å². The number of rotatable bonds is 7. The van der Waals surface area contributed by atoms with Crippen molar-refractivity contribution >= 4 is 34.7 Å². The first kappa shape index (κ1) is 19.1. The van der Waals surface area contributed by atoms with E-state index in [2.05, 4.69) is 25.8 Å². The van der Waals surface area contributed by atoms with Gasteiger partial charge in [0.05, 0.1) is 18.2 Å². The molecule has 7 nitrogen and oxygen atoms in total. The van der Waals surface area contributed by atoms with E-state index in [0.717, 1.165) is 34.4 Å². The first-order valence-electron chi connectivity index (χ1n) is 9.47. The van der Waals surface area contributed by atoms with Crippen LogP contribution in [0.15, 0.2) is 40.9 Å². The largest absolute Gasteiger partial charge is 0.326 e. The van der Waals surface area contributed by atoms with Crippen LogP contribution in [0.5, 0.6) is 0 Å². The lowest BCUT2D eigenvalue weighted by Crippen LogP contribution is -2.15. The molecule has 4 rings (SSSR count). The van der Waals surface area contributed by atoms with Gasteiger partial charge in [0.2, 0.25) is 11.1 Å². The second-order valence-corrected chi connectivity index (χ2v) is 8.70. The molecule has 146 valence electrons. The van der Waals surface area contributed by atoms with Gasteiger partial charge in [0, 0.05) is 16.8 Å². The van der Waals surface area contributed by atoms with Gasteiger partial charge in [0.15, 0.2) is 0 Å². The smallest absolute Gasteiger partial charge is 0.231 e. The summed E-state index contributed by atoms with van der Waals surface area (Å²) in [4.78, 5) is 16.8. The van der Waals surface area contributed by atoms with Crippen molar-refractivity contribution in [1.29, 1.82) is 0 Å². The van der Waals surface area contributed by atoms with Crippen LogP contribution in [0.3, 0.4) is 0 Å². The predicted octanol–water partition coefficient (Wildman–Crippen LogP) is 4.11. The number of benzene rings is 1. The second-order valence-electron chi connectivity index (χ2n) is 6.81. The Morgan fingerprint density at radius 3 is 2.86 bits per heavy atom. The molecule has 0 aliphatic heterocycles. The summed E-state index contributed by atoms with van der Waals surface area (Å²) in [5.74, 6) is 0.644. The number of nitrogens with zero attached hydrogens (tertiary/aromatic N) is 5. The van der Waals surface area contributed by atoms with Gasteiger partial charge in [-0.15, -0.1) is 16.4 Å². The standard InChI is InChI=1S/C19H22N6OS2/c26-17(20-14-7-3-1-4-8-14)11-18-21-15(12-27-18)13-28-19-22-23-24-25(19)16-9-5-2-6-10-16/h1,3-4,7-8,12,16H,2,5-6,9-11,13H2,(H,20,26). The van der Waals surface area contributed by atoms with Gasteiger partial charge in [0.1, 0.15) is 5.01 Å². The highest BCUT2D eigenvalue weighted by Gasteiger charge is 2.20. The minimum absolute atomic E-state index is 0.0546. The number of aromatic nitrogens is 5. The van der Waals surface area contributed by atoms with E-state index in [0.29, 0.717) is 11.8 Å². The van der Waals surface area contributed by atoms with E-state index in [4.69, 9.17) is 0 Å². The van der Waals surface area contributed by atoms with Crippen LogP contribution in [0.4, 0.5) is 5.69 Å². The SMILES string of the molecule is O=C(Cc1nc(CSc2nnnn2C2CCCCC2)cs1)Nc1ccccc1. The zero-order valence-corrected chi connectivity index (χ0v) is 17.1. The number of amides is 1. The van der Waals surface area contributed by atoms with E-state index < -0.39 is 0 Å². The van der Waals surface area contributed by atoms with Crippen LogP contribution in [-0.4, -0.2) is 31.1 Å². The Labute approximate surface area is 172 Å². The Hall–Kier alpha value is -2.26. The van der Waals surface area contributed by atoms with Gasteiger partial charge in [-0.3, -0.25) is 4.79 Å². The summed E-state index contributed by atoms with van der Waals surface area (Å²) in [6.07, 6.45) is 6.38. The highest BCUT2D eigenvalue weighted by Crippen LogP contribution is 2.31. The van der Waals surface area contributed by atoms with Gasteiger partial charge in [-0.05, 0) is 35.4 Å². The minimum atomic E-state index is -0.0546. The maximum Gasteiger partial charge on any atom is 0.231 e. The van der Waals surface area contributed by atoms with Gasteiger partial charge in [-0.25, -0.2) is 9.67 Å². The summed E-state index contributed by atoms with van der Waals surface area (Å²) in [5.41, 5.74) is 1.75. The molecule has 1 N–H and O–H groups in total. The summed E-state index contributed by atoms with van der Waals surface area (Å²) in [6, 6.07) is 9.88. The molecule has 2 aromatic heterocycles. The van der Waals surface area contributed by atoms with Crippen LogP contribution >= 0.6 is 23.1 Å². The van der Waals surface area contributed by atoms with E-state index >= 15 is 0 Å². The Bertz CT molecular complexity index is 904. The maximum absolute atomic E-state index is 12.2. The summed E-state index contributed by atoms with van der Waals surface area (Å²) >= 11 is 3.12. The molecule has 0 bridgehead atoms. The number of hydrogen-bond donors (Lipinski definition) is 1. The number of nitrogens with one attached hydrogen (secondary N) is 1. The highest BCUT2D eigenvalue weighted by atomic mass is 32.2. The number of thiazole rings is 1.